The number of aliphatic hydroxyl groups is 1. The lowest BCUT2D eigenvalue weighted by atomic mass is 9.89. The third kappa shape index (κ3) is 4.70. The van der Waals surface area contributed by atoms with E-state index in [1.807, 2.05) is 0 Å². The molecule has 1 atom stereocenters. The van der Waals surface area contributed by atoms with E-state index < -0.39 is 18.0 Å². The molecule has 1 aliphatic carbocycles. The SMILES string of the molecule is COC(=O)CC/C(O)=C1\C(=O)CCCC1=NC(C)C(=O)O. The molecule has 7 heteroatoms. The Morgan fingerprint density at radius 3 is 2.52 bits per heavy atom. The molecule has 2 N–H and O–H groups in total. The molecule has 0 amide bonds. The number of methoxy groups -OCH3 is 1. The normalized spacial score (nSPS) is 21.0. The zero-order valence-electron chi connectivity index (χ0n) is 12.1. The third-order valence-corrected chi connectivity index (χ3v) is 3.17. The summed E-state index contributed by atoms with van der Waals surface area (Å²) in [7, 11) is 1.24. The number of aliphatic imine (C=N–C) groups is 1. The van der Waals surface area contributed by atoms with Gasteiger partial charge in [-0.1, -0.05) is 0 Å². The maximum atomic E-state index is 11.9. The smallest absolute Gasteiger partial charge is 0.328 e. The summed E-state index contributed by atoms with van der Waals surface area (Å²) in [6.07, 6.45) is 1.19. The molecule has 0 radical (unpaired) electrons. The average Bonchev–Trinajstić information content (AvgIpc) is 2.44. The molecule has 0 aromatic rings. The number of aliphatic carboxylic acids is 1. The van der Waals surface area contributed by atoms with E-state index in [1.165, 1.54) is 14.0 Å². The Bertz CT molecular complexity index is 506. The first kappa shape index (κ1) is 16.9. The van der Waals surface area contributed by atoms with Crippen LogP contribution in [0.15, 0.2) is 16.3 Å². The van der Waals surface area contributed by atoms with Crippen molar-refractivity contribution in [2.45, 2.75) is 45.1 Å². The van der Waals surface area contributed by atoms with Crippen LogP contribution in [0.2, 0.25) is 0 Å². The number of ketones is 1. The van der Waals surface area contributed by atoms with Gasteiger partial charge in [0.25, 0.3) is 0 Å². The van der Waals surface area contributed by atoms with E-state index in [2.05, 4.69) is 9.73 Å². The first-order valence-electron chi connectivity index (χ1n) is 6.68. The van der Waals surface area contributed by atoms with Gasteiger partial charge in [-0.25, -0.2) is 4.79 Å². The number of allylic oxidation sites excluding steroid dienone is 2. The number of aliphatic hydroxyl groups excluding tert-OH is 1. The first-order chi connectivity index (χ1) is 9.86. The Morgan fingerprint density at radius 2 is 1.95 bits per heavy atom. The average molecular weight is 297 g/mol. The van der Waals surface area contributed by atoms with Crippen LogP contribution in [0.25, 0.3) is 0 Å². The molecule has 0 aliphatic heterocycles. The highest BCUT2D eigenvalue weighted by Gasteiger charge is 2.26. The van der Waals surface area contributed by atoms with Crippen LogP contribution in [0.1, 0.15) is 39.0 Å². The molecule has 21 heavy (non-hydrogen) atoms. The minimum absolute atomic E-state index is 0.0335. The van der Waals surface area contributed by atoms with Crippen LogP contribution in [-0.2, 0) is 19.1 Å². The fourth-order valence-corrected chi connectivity index (χ4v) is 2.02. The third-order valence-electron chi connectivity index (χ3n) is 3.17. The maximum absolute atomic E-state index is 11.9. The summed E-state index contributed by atoms with van der Waals surface area (Å²) in [4.78, 5) is 37.9. The fourth-order valence-electron chi connectivity index (χ4n) is 2.02. The Hall–Kier alpha value is -2.18. The van der Waals surface area contributed by atoms with Crippen LogP contribution < -0.4 is 0 Å². The Labute approximate surface area is 122 Å². The van der Waals surface area contributed by atoms with Gasteiger partial charge in [0.05, 0.1) is 24.8 Å². The number of esters is 1. The molecule has 0 bridgehead atoms. The van der Waals surface area contributed by atoms with Crippen molar-refractivity contribution >= 4 is 23.4 Å². The lowest BCUT2D eigenvalue weighted by Crippen LogP contribution is -2.25. The summed E-state index contributed by atoms with van der Waals surface area (Å²) < 4.78 is 4.47. The topological polar surface area (TPSA) is 113 Å². The molecule has 1 aliphatic rings. The summed E-state index contributed by atoms with van der Waals surface area (Å²) in [6.45, 7) is 1.40. The molecular formula is C14H19NO6. The Balaban J connectivity index is 3.02. The second-order valence-corrected chi connectivity index (χ2v) is 4.76. The van der Waals surface area contributed by atoms with Crippen molar-refractivity contribution < 1.29 is 29.3 Å². The van der Waals surface area contributed by atoms with Crippen LogP contribution in [0, 0.1) is 0 Å². The monoisotopic (exact) mass is 297 g/mol. The van der Waals surface area contributed by atoms with Gasteiger partial charge in [-0.2, -0.15) is 0 Å². The molecule has 0 heterocycles. The number of nitrogens with zero attached hydrogens (tertiary/aromatic N) is 1. The van der Waals surface area contributed by atoms with Crippen molar-refractivity contribution in [1.29, 1.82) is 0 Å². The summed E-state index contributed by atoms with van der Waals surface area (Å²) in [6, 6.07) is -0.991. The van der Waals surface area contributed by atoms with Gasteiger partial charge in [-0.15, -0.1) is 0 Å². The molecular weight excluding hydrogens is 278 g/mol. The zero-order valence-corrected chi connectivity index (χ0v) is 12.1. The van der Waals surface area contributed by atoms with Gasteiger partial charge < -0.3 is 14.9 Å². The van der Waals surface area contributed by atoms with Crippen molar-refractivity contribution in [2.75, 3.05) is 7.11 Å². The van der Waals surface area contributed by atoms with E-state index in [9.17, 15) is 19.5 Å². The van der Waals surface area contributed by atoms with Gasteiger partial charge >= 0.3 is 11.9 Å². The summed E-state index contributed by atoms with van der Waals surface area (Å²) >= 11 is 0. The molecule has 1 saturated carbocycles. The first-order valence-corrected chi connectivity index (χ1v) is 6.68. The van der Waals surface area contributed by atoms with E-state index in [0.29, 0.717) is 18.6 Å². The molecule has 116 valence electrons. The van der Waals surface area contributed by atoms with Gasteiger partial charge in [0.15, 0.2) is 5.78 Å². The van der Waals surface area contributed by atoms with Crippen LogP contribution in [-0.4, -0.2) is 46.8 Å². The van der Waals surface area contributed by atoms with Gasteiger partial charge in [-0.3, -0.25) is 14.6 Å². The lowest BCUT2D eigenvalue weighted by Gasteiger charge is -2.18. The molecule has 7 nitrogen and oxygen atoms in total. The predicted molar refractivity (Wildman–Crippen MR) is 74.3 cm³/mol. The number of hydrogen-bond donors (Lipinski definition) is 2. The number of hydrogen-bond acceptors (Lipinski definition) is 6. The molecule has 0 saturated heterocycles. The maximum Gasteiger partial charge on any atom is 0.328 e. The zero-order chi connectivity index (χ0) is 16.0. The van der Waals surface area contributed by atoms with Gasteiger partial charge in [-0.05, 0) is 19.8 Å². The van der Waals surface area contributed by atoms with Gasteiger partial charge in [0, 0.05) is 12.8 Å². The Kier molecular flexibility index (Phi) is 6.08. The highest BCUT2D eigenvalue weighted by molar-refractivity contribution is 6.24. The number of carboxylic acids is 1. The Morgan fingerprint density at radius 1 is 1.29 bits per heavy atom. The standard InChI is InChI=1S/C14H19NO6/c1-8(14(19)20)15-9-4-3-5-10(16)13(9)11(17)6-7-12(18)21-2/h8,17H,3-7H2,1-2H3,(H,19,20)/b13-11+,15-9?. The quantitative estimate of drug-likeness (QED) is 0.450. The van der Waals surface area contributed by atoms with Crippen molar-refractivity contribution in [3.63, 3.8) is 0 Å². The molecule has 0 aromatic carbocycles. The van der Waals surface area contributed by atoms with Crippen LogP contribution >= 0.6 is 0 Å². The molecule has 0 spiro atoms. The van der Waals surface area contributed by atoms with Crippen molar-refractivity contribution in [1.82, 2.24) is 0 Å². The predicted octanol–water partition coefficient (Wildman–Crippen LogP) is 1.42. The minimum atomic E-state index is -1.10. The molecule has 0 aromatic heterocycles. The fraction of sp³-hybridized carbons (Fsp3) is 0.571. The van der Waals surface area contributed by atoms with E-state index in [1.54, 1.807) is 0 Å². The van der Waals surface area contributed by atoms with Crippen molar-refractivity contribution in [2.24, 2.45) is 4.99 Å². The summed E-state index contributed by atoms with van der Waals surface area (Å²) in [5.41, 5.74) is 0.349. The van der Waals surface area contributed by atoms with Crippen LogP contribution in [0.4, 0.5) is 0 Å². The highest BCUT2D eigenvalue weighted by atomic mass is 16.5. The molecule has 1 unspecified atom stereocenters. The van der Waals surface area contributed by atoms with Gasteiger partial charge in [0.2, 0.25) is 0 Å². The summed E-state index contributed by atoms with van der Waals surface area (Å²) in [5.74, 6) is -2.11. The minimum Gasteiger partial charge on any atom is -0.511 e. The second kappa shape index (κ2) is 7.56. The van der Waals surface area contributed by atoms with Crippen molar-refractivity contribution in [3.8, 4) is 0 Å². The number of Topliss-reactive ketones (excluding diaryl/α,β-unsaturated/α-hetero) is 1. The van der Waals surface area contributed by atoms with Gasteiger partial charge in [0.1, 0.15) is 11.8 Å². The summed E-state index contributed by atoms with van der Waals surface area (Å²) in [5, 5.41) is 18.9. The largest absolute Gasteiger partial charge is 0.511 e. The van der Waals surface area contributed by atoms with E-state index in [4.69, 9.17) is 5.11 Å². The van der Waals surface area contributed by atoms with Crippen molar-refractivity contribution in [3.05, 3.63) is 11.3 Å². The second-order valence-electron chi connectivity index (χ2n) is 4.76. The number of carbonyl (C=O) groups excluding carboxylic acids is 2. The van der Waals surface area contributed by atoms with Crippen LogP contribution in [0.5, 0.6) is 0 Å². The van der Waals surface area contributed by atoms with E-state index in [-0.39, 0.29) is 36.4 Å². The number of rotatable bonds is 5. The number of ether oxygens (including phenoxy) is 1. The van der Waals surface area contributed by atoms with Crippen LogP contribution in [0.3, 0.4) is 0 Å². The highest BCUT2D eigenvalue weighted by Crippen LogP contribution is 2.23. The lowest BCUT2D eigenvalue weighted by molar-refractivity contribution is -0.141. The molecule has 1 fully saturated rings. The van der Waals surface area contributed by atoms with E-state index >= 15 is 0 Å². The molecule has 1 rings (SSSR count). The number of carboxylic acid groups (broad SMARTS) is 1. The number of carbonyl (C=O) groups is 3. The van der Waals surface area contributed by atoms with E-state index in [0.717, 1.165) is 0 Å².